The van der Waals surface area contributed by atoms with Crippen LogP contribution in [0.1, 0.15) is 26.3 Å². The van der Waals surface area contributed by atoms with E-state index in [0.29, 0.717) is 0 Å². The maximum Gasteiger partial charge on any atom is 0.131 e. The summed E-state index contributed by atoms with van der Waals surface area (Å²) in [6.45, 7) is 6.54. The van der Waals surface area contributed by atoms with Crippen LogP contribution in [0.5, 0.6) is 0 Å². The van der Waals surface area contributed by atoms with Gasteiger partial charge in [-0.05, 0) is 17.0 Å². The van der Waals surface area contributed by atoms with Crippen molar-refractivity contribution in [1.82, 2.24) is 10.1 Å². The summed E-state index contributed by atoms with van der Waals surface area (Å²) >= 11 is 0. The normalized spacial score (nSPS) is 11.7. The van der Waals surface area contributed by atoms with E-state index in [9.17, 15) is 0 Å². The number of rotatable bonds is 1. The first-order valence-electron chi connectivity index (χ1n) is 4.93. The monoisotopic (exact) mass is 202 g/mol. The second-order valence-corrected chi connectivity index (χ2v) is 4.58. The lowest BCUT2D eigenvalue weighted by molar-refractivity contribution is 0.420. The molecule has 3 nitrogen and oxygen atoms in total. The molecule has 0 radical (unpaired) electrons. The fourth-order valence-corrected chi connectivity index (χ4v) is 1.62. The molecule has 0 atom stereocenters. The summed E-state index contributed by atoms with van der Waals surface area (Å²) in [6, 6.07) is 2.04. The first-order valence-corrected chi connectivity index (χ1v) is 4.93. The highest BCUT2D eigenvalue weighted by Gasteiger charge is 2.19. The van der Waals surface area contributed by atoms with E-state index in [1.165, 1.54) is 5.56 Å². The molecule has 3 heteroatoms. The van der Waals surface area contributed by atoms with Gasteiger partial charge in [0.15, 0.2) is 0 Å². The highest BCUT2D eigenvalue weighted by molar-refractivity contribution is 5.65. The van der Waals surface area contributed by atoms with Gasteiger partial charge in [-0.15, -0.1) is 0 Å². The summed E-state index contributed by atoms with van der Waals surface area (Å²) in [6.07, 6.45) is 7.03. The Labute approximate surface area is 89.1 Å². The molecule has 2 aromatic rings. The van der Waals surface area contributed by atoms with Gasteiger partial charge < -0.3 is 4.52 Å². The van der Waals surface area contributed by atoms with E-state index >= 15 is 0 Å². The van der Waals surface area contributed by atoms with Gasteiger partial charge in [0.1, 0.15) is 6.26 Å². The molecule has 0 saturated carbocycles. The lowest BCUT2D eigenvalue weighted by Gasteiger charge is -2.21. The lowest BCUT2D eigenvalue weighted by atomic mass is 9.83. The van der Waals surface area contributed by atoms with E-state index in [0.717, 1.165) is 11.1 Å². The zero-order valence-electron chi connectivity index (χ0n) is 9.19. The van der Waals surface area contributed by atoms with Crippen molar-refractivity contribution in [2.24, 2.45) is 0 Å². The van der Waals surface area contributed by atoms with Crippen LogP contribution in [0.25, 0.3) is 11.1 Å². The number of hydrogen-bond acceptors (Lipinski definition) is 3. The third-order valence-electron chi connectivity index (χ3n) is 2.37. The van der Waals surface area contributed by atoms with Gasteiger partial charge in [-0.25, -0.2) is 0 Å². The van der Waals surface area contributed by atoms with Crippen molar-refractivity contribution < 1.29 is 4.52 Å². The van der Waals surface area contributed by atoms with Gasteiger partial charge in [0, 0.05) is 23.5 Å². The van der Waals surface area contributed by atoms with E-state index in [1.54, 1.807) is 12.5 Å². The van der Waals surface area contributed by atoms with E-state index < -0.39 is 0 Å². The lowest BCUT2D eigenvalue weighted by Crippen LogP contribution is -2.12. The Morgan fingerprint density at radius 1 is 1.20 bits per heavy atom. The minimum atomic E-state index is 0.0928. The molecule has 0 N–H and O–H groups in total. The van der Waals surface area contributed by atoms with Gasteiger partial charge in [-0.1, -0.05) is 25.9 Å². The summed E-state index contributed by atoms with van der Waals surface area (Å²) in [5, 5.41) is 3.72. The van der Waals surface area contributed by atoms with Gasteiger partial charge in [0.25, 0.3) is 0 Å². The number of hydrogen-bond donors (Lipinski definition) is 0. The van der Waals surface area contributed by atoms with Crippen LogP contribution in [0.3, 0.4) is 0 Å². The fraction of sp³-hybridized carbons (Fsp3) is 0.333. The molecule has 0 fully saturated rings. The Kier molecular flexibility index (Phi) is 2.31. The van der Waals surface area contributed by atoms with Gasteiger partial charge in [0.05, 0.1) is 6.20 Å². The van der Waals surface area contributed by atoms with E-state index in [4.69, 9.17) is 4.52 Å². The van der Waals surface area contributed by atoms with Crippen molar-refractivity contribution in [2.75, 3.05) is 0 Å². The molecule has 0 bridgehead atoms. The smallest absolute Gasteiger partial charge is 0.131 e. The molecular formula is C12H14N2O. The molecular weight excluding hydrogens is 188 g/mol. The molecule has 0 saturated heterocycles. The van der Waals surface area contributed by atoms with Crippen molar-refractivity contribution in [3.8, 4) is 11.1 Å². The molecule has 2 aromatic heterocycles. The molecule has 2 rings (SSSR count). The second-order valence-electron chi connectivity index (χ2n) is 4.58. The van der Waals surface area contributed by atoms with Crippen LogP contribution in [-0.4, -0.2) is 10.1 Å². The highest BCUT2D eigenvalue weighted by atomic mass is 16.5. The van der Waals surface area contributed by atoms with E-state index in [1.807, 2.05) is 18.5 Å². The van der Waals surface area contributed by atoms with Crippen LogP contribution >= 0.6 is 0 Å². The molecule has 0 aliphatic heterocycles. The van der Waals surface area contributed by atoms with Crippen molar-refractivity contribution in [1.29, 1.82) is 0 Å². The molecule has 0 aromatic carbocycles. The van der Waals surface area contributed by atoms with Crippen LogP contribution in [0.15, 0.2) is 35.4 Å². The Balaban J connectivity index is 2.58. The van der Waals surface area contributed by atoms with Crippen LogP contribution in [-0.2, 0) is 5.41 Å². The predicted octanol–water partition coefficient (Wildman–Crippen LogP) is 3.03. The Morgan fingerprint density at radius 2 is 2.00 bits per heavy atom. The quantitative estimate of drug-likeness (QED) is 0.713. The molecule has 0 spiro atoms. The average molecular weight is 202 g/mol. The number of aromatic nitrogens is 2. The van der Waals surface area contributed by atoms with Crippen molar-refractivity contribution in [2.45, 2.75) is 26.2 Å². The first-order chi connectivity index (χ1) is 7.09. The van der Waals surface area contributed by atoms with Crippen LogP contribution < -0.4 is 0 Å². The number of nitrogens with zero attached hydrogens (tertiary/aromatic N) is 2. The second kappa shape index (κ2) is 3.50. The zero-order valence-corrected chi connectivity index (χ0v) is 9.19. The van der Waals surface area contributed by atoms with Crippen molar-refractivity contribution in [3.05, 3.63) is 36.5 Å². The van der Waals surface area contributed by atoms with E-state index in [-0.39, 0.29) is 5.41 Å². The molecule has 0 aliphatic carbocycles. The van der Waals surface area contributed by atoms with Crippen LogP contribution in [0, 0.1) is 0 Å². The topological polar surface area (TPSA) is 38.9 Å². The van der Waals surface area contributed by atoms with Gasteiger partial charge in [-0.2, -0.15) is 0 Å². The molecule has 15 heavy (non-hydrogen) atoms. The SMILES string of the molecule is CC(C)(C)c1ccncc1-c1cnoc1. The van der Waals surface area contributed by atoms with Crippen molar-refractivity contribution >= 4 is 0 Å². The Hall–Kier alpha value is -1.64. The van der Waals surface area contributed by atoms with Gasteiger partial charge in [-0.3, -0.25) is 4.98 Å². The third-order valence-corrected chi connectivity index (χ3v) is 2.37. The minimum Gasteiger partial charge on any atom is -0.364 e. The van der Waals surface area contributed by atoms with E-state index in [2.05, 4.69) is 30.9 Å². The van der Waals surface area contributed by atoms with Gasteiger partial charge >= 0.3 is 0 Å². The summed E-state index contributed by atoms with van der Waals surface area (Å²) in [4.78, 5) is 4.15. The fourth-order valence-electron chi connectivity index (χ4n) is 1.62. The average Bonchev–Trinajstić information content (AvgIpc) is 2.69. The summed E-state index contributed by atoms with van der Waals surface area (Å²) in [5.41, 5.74) is 3.41. The van der Waals surface area contributed by atoms with Crippen molar-refractivity contribution in [3.63, 3.8) is 0 Å². The number of pyridine rings is 1. The maximum atomic E-state index is 4.86. The summed E-state index contributed by atoms with van der Waals surface area (Å²) in [5.74, 6) is 0. The summed E-state index contributed by atoms with van der Waals surface area (Å²) < 4.78 is 4.86. The first kappa shape index (κ1) is 9.90. The third kappa shape index (κ3) is 1.91. The van der Waals surface area contributed by atoms with Crippen LogP contribution in [0.2, 0.25) is 0 Å². The Morgan fingerprint density at radius 3 is 2.60 bits per heavy atom. The highest BCUT2D eigenvalue weighted by Crippen LogP contribution is 2.31. The standard InChI is InChI=1S/C12H14N2O/c1-12(2,3)11-4-5-13-7-10(11)9-6-14-15-8-9/h4-8H,1-3H3. The molecule has 2 heterocycles. The predicted molar refractivity (Wildman–Crippen MR) is 58.4 cm³/mol. The minimum absolute atomic E-state index is 0.0928. The van der Waals surface area contributed by atoms with Crippen LogP contribution in [0.4, 0.5) is 0 Å². The summed E-state index contributed by atoms with van der Waals surface area (Å²) in [7, 11) is 0. The molecule has 0 amide bonds. The molecule has 0 aliphatic rings. The van der Waals surface area contributed by atoms with Gasteiger partial charge in [0.2, 0.25) is 0 Å². The Bertz CT molecular complexity index is 441. The largest absolute Gasteiger partial charge is 0.364 e. The zero-order chi connectivity index (χ0) is 10.9. The maximum absolute atomic E-state index is 4.86. The molecule has 0 unspecified atom stereocenters. The molecule has 78 valence electrons.